The Balaban J connectivity index is 2.39. The highest BCUT2D eigenvalue weighted by Gasteiger charge is 2.32. The summed E-state index contributed by atoms with van der Waals surface area (Å²) in [5.41, 5.74) is -0.506. The predicted octanol–water partition coefficient (Wildman–Crippen LogP) is 4.00. The van der Waals surface area contributed by atoms with Gasteiger partial charge in [-0.15, -0.1) is 0 Å². The van der Waals surface area contributed by atoms with Crippen LogP contribution in [0.4, 0.5) is 0 Å². The van der Waals surface area contributed by atoms with Gasteiger partial charge >= 0.3 is 0 Å². The molecule has 0 amide bonds. The van der Waals surface area contributed by atoms with Crippen molar-refractivity contribution in [1.82, 2.24) is 0 Å². The van der Waals surface area contributed by atoms with Gasteiger partial charge in [0, 0.05) is 15.1 Å². The minimum absolute atomic E-state index is 0.527. The highest BCUT2D eigenvalue weighted by molar-refractivity contribution is 9.10. The van der Waals surface area contributed by atoms with Crippen LogP contribution in [0, 0.1) is 0 Å². The molecule has 0 aromatic heterocycles. The van der Waals surface area contributed by atoms with E-state index >= 15 is 0 Å². The van der Waals surface area contributed by atoms with Crippen LogP contribution in [0.3, 0.4) is 0 Å². The summed E-state index contributed by atoms with van der Waals surface area (Å²) in [5.74, 6) is 0.591. The minimum atomic E-state index is -1.17. The second-order valence-corrected chi connectivity index (χ2v) is 5.58. The van der Waals surface area contributed by atoms with E-state index in [9.17, 15) is 5.11 Å². The lowest BCUT2D eigenvalue weighted by Gasteiger charge is -2.30. The first kappa shape index (κ1) is 12.9. The second kappa shape index (κ2) is 5.01. The topological polar surface area (TPSA) is 29.5 Å². The molecule has 0 bridgehead atoms. The molecule has 0 spiro atoms. The zero-order chi connectivity index (χ0) is 12.5. The summed E-state index contributed by atoms with van der Waals surface area (Å²) in [6.45, 7) is 2.36. The molecule has 0 fully saturated rings. The van der Waals surface area contributed by atoms with Crippen molar-refractivity contribution >= 4 is 27.5 Å². The van der Waals surface area contributed by atoms with E-state index in [4.69, 9.17) is 16.3 Å². The first-order valence-electron chi connectivity index (χ1n) is 5.53. The lowest BCUT2D eigenvalue weighted by Crippen LogP contribution is -2.27. The van der Waals surface area contributed by atoms with Crippen molar-refractivity contribution in [3.05, 3.63) is 45.1 Å². The molecule has 1 aliphatic rings. The van der Waals surface area contributed by atoms with Gasteiger partial charge in [0.15, 0.2) is 0 Å². The zero-order valence-corrected chi connectivity index (χ0v) is 11.9. The Bertz CT molecular complexity index is 455. The number of hydrogen-bond acceptors (Lipinski definition) is 2. The van der Waals surface area contributed by atoms with E-state index < -0.39 is 5.60 Å². The van der Waals surface area contributed by atoms with Gasteiger partial charge in [-0.2, -0.15) is 0 Å². The van der Waals surface area contributed by atoms with Gasteiger partial charge in [0.25, 0.3) is 0 Å². The second-order valence-electron chi connectivity index (χ2n) is 4.26. The summed E-state index contributed by atoms with van der Waals surface area (Å²) < 4.78 is 6.41. The molecule has 1 aromatic carbocycles. The van der Waals surface area contributed by atoms with Crippen LogP contribution >= 0.6 is 27.5 Å². The van der Waals surface area contributed by atoms with E-state index in [1.165, 1.54) is 0 Å². The molecule has 1 unspecified atom stereocenters. The summed E-state index contributed by atoms with van der Waals surface area (Å²) in [6, 6.07) is 5.44. The molecule has 0 aliphatic carbocycles. The Kier molecular flexibility index (Phi) is 3.81. The summed E-state index contributed by atoms with van der Waals surface area (Å²) in [4.78, 5) is 0. The molecule has 2 nitrogen and oxygen atoms in total. The number of ether oxygens (including phenoxy) is 1. The Morgan fingerprint density at radius 3 is 2.82 bits per heavy atom. The van der Waals surface area contributed by atoms with Gasteiger partial charge in [-0.25, -0.2) is 0 Å². The average Bonchev–Trinajstić information content (AvgIpc) is 2.29. The molecule has 17 heavy (non-hydrogen) atoms. The van der Waals surface area contributed by atoms with Crippen molar-refractivity contribution in [1.29, 1.82) is 0 Å². The van der Waals surface area contributed by atoms with Crippen molar-refractivity contribution < 1.29 is 9.84 Å². The summed E-state index contributed by atoms with van der Waals surface area (Å²) >= 11 is 9.51. The summed E-state index contributed by atoms with van der Waals surface area (Å²) in [7, 11) is 0. The highest BCUT2D eigenvalue weighted by atomic mass is 79.9. The van der Waals surface area contributed by atoms with Crippen molar-refractivity contribution in [2.45, 2.75) is 25.4 Å². The Labute approximate surface area is 114 Å². The standard InChI is InChI=1S/C13H14BrClO2/c1-13(16,12-4-2-3-7-17-12)10-6-5-9(14)8-11(10)15/h4-6,8,16H,2-3,7H2,1H3. The van der Waals surface area contributed by atoms with Crippen molar-refractivity contribution in [2.24, 2.45) is 0 Å². The maximum atomic E-state index is 10.6. The van der Waals surface area contributed by atoms with E-state index in [-0.39, 0.29) is 0 Å². The van der Waals surface area contributed by atoms with Crippen LogP contribution in [-0.4, -0.2) is 11.7 Å². The Morgan fingerprint density at radius 1 is 1.47 bits per heavy atom. The predicted molar refractivity (Wildman–Crippen MR) is 72.0 cm³/mol. The molecule has 1 aromatic rings. The van der Waals surface area contributed by atoms with Gasteiger partial charge in [-0.3, -0.25) is 0 Å². The number of hydrogen-bond donors (Lipinski definition) is 1. The van der Waals surface area contributed by atoms with Gasteiger partial charge in [0.2, 0.25) is 0 Å². The maximum absolute atomic E-state index is 10.6. The summed E-state index contributed by atoms with van der Waals surface area (Å²) in [5, 5.41) is 11.1. The quantitative estimate of drug-likeness (QED) is 0.893. The minimum Gasteiger partial charge on any atom is -0.495 e. The smallest absolute Gasteiger partial charge is 0.145 e. The van der Waals surface area contributed by atoms with Gasteiger partial charge < -0.3 is 9.84 Å². The number of benzene rings is 1. The van der Waals surface area contributed by atoms with Gasteiger partial charge in [0.1, 0.15) is 11.4 Å². The largest absolute Gasteiger partial charge is 0.495 e. The van der Waals surface area contributed by atoms with Crippen molar-refractivity contribution in [3.8, 4) is 0 Å². The number of halogens is 2. The van der Waals surface area contributed by atoms with Gasteiger partial charge in [0.05, 0.1) is 6.61 Å². The lowest BCUT2D eigenvalue weighted by atomic mass is 9.92. The van der Waals surface area contributed by atoms with E-state index in [0.717, 1.165) is 17.3 Å². The monoisotopic (exact) mass is 316 g/mol. The summed E-state index contributed by atoms with van der Waals surface area (Å²) in [6.07, 6.45) is 3.86. The fraction of sp³-hybridized carbons (Fsp3) is 0.385. The van der Waals surface area contributed by atoms with E-state index in [1.807, 2.05) is 18.2 Å². The first-order valence-corrected chi connectivity index (χ1v) is 6.70. The molecule has 1 N–H and O–H groups in total. The molecule has 1 aliphatic heterocycles. The Morgan fingerprint density at radius 2 is 2.24 bits per heavy atom. The Hall–Kier alpha value is -0.510. The SMILES string of the molecule is CC(O)(C1=CCCCO1)c1ccc(Br)cc1Cl. The van der Waals surface area contributed by atoms with Crippen molar-refractivity contribution in [3.63, 3.8) is 0 Å². The zero-order valence-electron chi connectivity index (χ0n) is 9.54. The van der Waals surface area contributed by atoms with Crippen LogP contribution in [0.15, 0.2) is 34.5 Å². The molecule has 0 saturated heterocycles. The molecular weight excluding hydrogens is 303 g/mol. The number of rotatable bonds is 2. The van der Waals surface area contributed by atoms with E-state index in [0.29, 0.717) is 23.0 Å². The molecule has 1 heterocycles. The van der Waals surface area contributed by atoms with Crippen LogP contribution in [0.1, 0.15) is 25.3 Å². The van der Waals surface area contributed by atoms with E-state index in [1.54, 1.807) is 13.0 Å². The average molecular weight is 318 g/mol. The third kappa shape index (κ3) is 2.67. The van der Waals surface area contributed by atoms with Gasteiger partial charge in [-0.05, 0) is 38.0 Å². The third-order valence-electron chi connectivity index (χ3n) is 2.87. The maximum Gasteiger partial charge on any atom is 0.145 e. The fourth-order valence-electron chi connectivity index (χ4n) is 1.91. The molecule has 4 heteroatoms. The molecular formula is C13H14BrClO2. The molecule has 1 atom stereocenters. The van der Waals surface area contributed by atoms with Crippen LogP contribution in [0.5, 0.6) is 0 Å². The molecule has 2 rings (SSSR count). The molecule has 92 valence electrons. The van der Waals surface area contributed by atoms with Crippen LogP contribution in [0.2, 0.25) is 5.02 Å². The van der Waals surface area contributed by atoms with Crippen LogP contribution < -0.4 is 0 Å². The lowest BCUT2D eigenvalue weighted by molar-refractivity contribution is 0.0151. The normalized spacial score (nSPS) is 19.2. The highest BCUT2D eigenvalue weighted by Crippen LogP contribution is 2.37. The molecule has 0 radical (unpaired) electrons. The number of aliphatic hydroxyl groups is 1. The number of allylic oxidation sites excluding steroid dienone is 1. The fourth-order valence-corrected chi connectivity index (χ4v) is 2.77. The van der Waals surface area contributed by atoms with Gasteiger partial charge in [-0.1, -0.05) is 33.6 Å². The van der Waals surface area contributed by atoms with Crippen LogP contribution in [0.25, 0.3) is 0 Å². The van der Waals surface area contributed by atoms with Crippen LogP contribution in [-0.2, 0) is 10.3 Å². The van der Waals surface area contributed by atoms with Crippen molar-refractivity contribution in [2.75, 3.05) is 6.61 Å². The molecule has 0 saturated carbocycles. The first-order chi connectivity index (χ1) is 8.01. The third-order valence-corrected chi connectivity index (χ3v) is 3.68. The van der Waals surface area contributed by atoms with E-state index in [2.05, 4.69) is 15.9 Å².